The van der Waals surface area contributed by atoms with Gasteiger partial charge < -0.3 is 20.1 Å². The number of aromatic nitrogens is 1. The summed E-state index contributed by atoms with van der Waals surface area (Å²) >= 11 is 0.889. The first kappa shape index (κ1) is 21.7. The Kier molecular flexibility index (Phi) is 6.70. The third kappa shape index (κ3) is 4.46. The molecule has 154 valence electrons. The maximum absolute atomic E-state index is 13.9. The Bertz CT molecular complexity index is 856. The quantitative estimate of drug-likeness (QED) is 0.503. The average Bonchev–Trinajstić information content (AvgIpc) is 3.01. The van der Waals surface area contributed by atoms with Gasteiger partial charge in [0.25, 0.3) is 0 Å². The molecule has 2 rings (SSSR count). The summed E-state index contributed by atoms with van der Waals surface area (Å²) in [4.78, 5) is 28.1. The van der Waals surface area contributed by atoms with Crippen LogP contribution in [0.1, 0.15) is 27.2 Å². The van der Waals surface area contributed by atoms with Gasteiger partial charge in [-0.05, 0) is 32.0 Å². The lowest BCUT2D eigenvalue weighted by Crippen LogP contribution is -2.69. The molecule has 7 nitrogen and oxygen atoms in total. The van der Waals surface area contributed by atoms with Crippen LogP contribution in [0, 0.1) is 0 Å². The number of fused-ring (bicyclic) bond motifs is 1. The Morgan fingerprint density at radius 1 is 1.18 bits per heavy atom. The molecule has 1 aromatic heterocycles. The molecule has 0 radical (unpaired) electrons. The number of carbonyl (C=O) groups excluding carboxylic acids is 2. The fraction of sp³-hybridized carbons (Fsp3) is 0.471. The molecule has 1 amide bonds. The maximum Gasteiger partial charge on any atom is 0.442 e. The topological polar surface area (TPSA) is 89.5 Å². The molecule has 0 aliphatic rings. The highest BCUT2D eigenvalue weighted by molar-refractivity contribution is 7.22. The van der Waals surface area contributed by atoms with Crippen LogP contribution in [0.3, 0.4) is 0 Å². The van der Waals surface area contributed by atoms with Gasteiger partial charge in [-0.3, -0.25) is 4.79 Å². The molecule has 0 fully saturated rings. The molecular formula is C17H20F3N3O4S. The number of anilines is 1. The molecule has 2 aromatic rings. The molecule has 0 saturated carbocycles. The Morgan fingerprint density at radius 2 is 1.89 bits per heavy atom. The van der Waals surface area contributed by atoms with Gasteiger partial charge in [0.2, 0.25) is 5.91 Å². The Labute approximate surface area is 163 Å². The van der Waals surface area contributed by atoms with Gasteiger partial charge in [0.1, 0.15) is 5.75 Å². The highest BCUT2D eigenvalue weighted by Gasteiger charge is 2.64. The first-order chi connectivity index (χ1) is 13.2. The standard InChI is InChI=1S/C17H20F3N3O4S/c1-4-13(24)22-16(17(18,19)20,14(25)27-6-3)23-15-21-11-8-7-10(26-5-2)9-12(11)28-15/h7-9H,4-6H2,1-3H3,(H,21,23)(H,22,24)/t16-/m1/s1. The number of ether oxygens (including phenoxy) is 2. The molecule has 28 heavy (non-hydrogen) atoms. The molecule has 2 N–H and O–H groups in total. The lowest BCUT2D eigenvalue weighted by atomic mass is 10.1. The van der Waals surface area contributed by atoms with Crippen LogP contribution in [0.15, 0.2) is 18.2 Å². The van der Waals surface area contributed by atoms with Crippen LogP contribution in [0.5, 0.6) is 5.75 Å². The average molecular weight is 419 g/mol. The number of nitrogens with zero attached hydrogens (tertiary/aromatic N) is 1. The number of nitrogens with one attached hydrogen (secondary N) is 2. The smallest absolute Gasteiger partial charge is 0.442 e. The lowest BCUT2D eigenvalue weighted by molar-refractivity contribution is -0.207. The number of alkyl halides is 3. The third-order valence-electron chi connectivity index (χ3n) is 3.62. The van der Waals surface area contributed by atoms with E-state index in [1.165, 1.54) is 13.8 Å². The molecule has 1 heterocycles. The summed E-state index contributed by atoms with van der Waals surface area (Å²) in [6.07, 6.45) is -5.44. The Balaban J connectivity index is 2.49. The molecular weight excluding hydrogens is 399 g/mol. The first-order valence-corrected chi connectivity index (χ1v) is 9.35. The van der Waals surface area contributed by atoms with E-state index in [-0.39, 0.29) is 18.2 Å². The van der Waals surface area contributed by atoms with Crippen LogP contribution in [0.4, 0.5) is 18.3 Å². The van der Waals surface area contributed by atoms with Gasteiger partial charge in [0.15, 0.2) is 5.13 Å². The van der Waals surface area contributed by atoms with Crippen molar-refractivity contribution in [3.8, 4) is 5.75 Å². The molecule has 0 unspecified atom stereocenters. The summed E-state index contributed by atoms with van der Waals surface area (Å²) in [5.41, 5.74) is -3.04. The van der Waals surface area contributed by atoms with Crippen molar-refractivity contribution in [3.63, 3.8) is 0 Å². The van der Waals surface area contributed by atoms with Crippen molar-refractivity contribution in [2.75, 3.05) is 18.5 Å². The molecule has 1 aromatic carbocycles. The van der Waals surface area contributed by atoms with E-state index in [2.05, 4.69) is 15.0 Å². The number of thiazole rings is 1. The third-order valence-corrected chi connectivity index (χ3v) is 4.55. The van der Waals surface area contributed by atoms with Crippen molar-refractivity contribution in [2.24, 2.45) is 0 Å². The van der Waals surface area contributed by atoms with Crippen molar-refractivity contribution < 1.29 is 32.2 Å². The van der Waals surface area contributed by atoms with Crippen LogP contribution >= 0.6 is 11.3 Å². The second-order valence-corrected chi connectivity index (χ2v) is 6.61. The summed E-state index contributed by atoms with van der Waals surface area (Å²) in [7, 11) is 0. The minimum Gasteiger partial charge on any atom is -0.494 e. The first-order valence-electron chi connectivity index (χ1n) is 8.53. The van der Waals surface area contributed by atoms with Crippen molar-refractivity contribution in [1.29, 1.82) is 0 Å². The fourth-order valence-electron chi connectivity index (χ4n) is 2.30. The van der Waals surface area contributed by atoms with Crippen LogP contribution in [0.25, 0.3) is 10.2 Å². The second-order valence-electron chi connectivity index (χ2n) is 5.58. The Morgan fingerprint density at radius 3 is 2.46 bits per heavy atom. The van der Waals surface area contributed by atoms with Gasteiger partial charge >= 0.3 is 17.8 Å². The minimum absolute atomic E-state index is 0.203. The monoisotopic (exact) mass is 419 g/mol. The van der Waals surface area contributed by atoms with Gasteiger partial charge in [-0.15, -0.1) is 0 Å². The van der Waals surface area contributed by atoms with E-state index in [1.54, 1.807) is 30.4 Å². The van der Waals surface area contributed by atoms with Crippen LogP contribution in [-0.4, -0.2) is 41.9 Å². The van der Waals surface area contributed by atoms with Crippen molar-refractivity contribution in [1.82, 2.24) is 10.3 Å². The van der Waals surface area contributed by atoms with E-state index >= 15 is 0 Å². The summed E-state index contributed by atoms with van der Waals surface area (Å²) in [6.45, 7) is 4.68. The van der Waals surface area contributed by atoms with Crippen molar-refractivity contribution in [3.05, 3.63) is 18.2 Å². The zero-order valence-corrected chi connectivity index (χ0v) is 16.3. The van der Waals surface area contributed by atoms with Gasteiger partial charge in [0, 0.05) is 6.42 Å². The number of amides is 1. The normalized spacial score (nSPS) is 13.6. The van der Waals surface area contributed by atoms with Crippen LogP contribution in [-0.2, 0) is 14.3 Å². The highest BCUT2D eigenvalue weighted by Crippen LogP contribution is 2.36. The van der Waals surface area contributed by atoms with E-state index in [0.717, 1.165) is 11.3 Å². The zero-order valence-electron chi connectivity index (χ0n) is 15.5. The molecule has 0 aliphatic carbocycles. The summed E-state index contributed by atoms with van der Waals surface area (Å²) in [6, 6.07) is 4.86. The van der Waals surface area contributed by atoms with Crippen LogP contribution < -0.4 is 15.4 Å². The highest BCUT2D eigenvalue weighted by atomic mass is 32.1. The fourth-order valence-corrected chi connectivity index (χ4v) is 3.25. The number of carbonyl (C=O) groups is 2. The number of esters is 1. The van der Waals surface area contributed by atoms with Crippen molar-refractivity contribution in [2.45, 2.75) is 39.0 Å². The van der Waals surface area contributed by atoms with E-state index < -0.39 is 23.7 Å². The predicted molar refractivity (Wildman–Crippen MR) is 98.3 cm³/mol. The number of hydrogen-bond acceptors (Lipinski definition) is 7. The van der Waals surface area contributed by atoms with Gasteiger partial charge in [-0.25, -0.2) is 9.78 Å². The van der Waals surface area contributed by atoms with E-state index in [1.807, 2.05) is 0 Å². The summed E-state index contributed by atoms with van der Waals surface area (Å²) in [5, 5.41) is 3.58. The number of hydrogen-bond donors (Lipinski definition) is 2. The van der Waals surface area contributed by atoms with E-state index in [4.69, 9.17) is 4.74 Å². The lowest BCUT2D eigenvalue weighted by Gasteiger charge is -2.34. The van der Waals surface area contributed by atoms with Gasteiger partial charge in [-0.2, -0.15) is 13.2 Å². The van der Waals surface area contributed by atoms with E-state index in [9.17, 15) is 22.8 Å². The SMILES string of the molecule is CCOC(=O)[C@@](NC(=O)CC)(Nc1nc2ccc(OCC)cc2s1)C(F)(F)F. The summed E-state index contributed by atoms with van der Waals surface area (Å²) in [5.74, 6) is -2.10. The number of rotatable bonds is 8. The minimum atomic E-state index is -5.18. The molecule has 0 aliphatic heterocycles. The number of halogens is 3. The van der Waals surface area contributed by atoms with Gasteiger partial charge in [-0.1, -0.05) is 18.3 Å². The summed E-state index contributed by atoms with van der Waals surface area (Å²) < 4.78 is 52.3. The number of benzene rings is 1. The maximum atomic E-state index is 13.9. The zero-order chi connectivity index (χ0) is 20.9. The molecule has 1 atom stereocenters. The Hall–Kier alpha value is -2.56. The van der Waals surface area contributed by atoms with Gasteiger partial charge in [0.05, 0.1) is 23.4 Å². The molecule has 0 spiro atoms. The predicted octanol–water partition coefficient (Wildman–Crippen LogP) is 3.45. The van der Waals surface area contributed by atoms with Crippen LogP contribution in [0.2, 0.25) is 0 Å². The largest absolute Gasteiger partial charge is 0.494 e. The molecule has 0 saturated heterocycles. The van der Waals surface area contributed by atoms with Crippen molar-refractivity contribution >= 4 is 38.6 Å². The second kappa shape index (κ2) is 8.63. The molecule has 0 bridgehead atoms. The molecule has 11 heteroatoms. The van der Waals surface area contributed by atoms with E-state index in [0.29, 0.717) is 22.6 Å².